The Morgan fingerprint density at radius 1 is 1.38 bits per heavy atom. The lowest BCUT2D eigenvalue weighted by molar-refractivity contribution is 0.708. The van der Waals surface area contributed by atoms with Crippen LogP contribution < -0.4 is 10.9 Å². The van der Waals surface area contributed by atoms with Crippen molar-refractivity contribution < 1.29 is 0 Å². The second kappa shape index (κ2) is 5.73. The smallest absolute Gasteiger partial charge is 0.287 e. The molecular formula is C15H16ClN3OS. The molecule has 0 amide bonds. The van der Waals surface area contributed by atoms with Gasteiger partial charge in [-0.3, -0.25) is 4.79 Å². The molecule has 0 aliphatic heterocycles. The summed E-state index contributed by atoms with van der Waals surface area (Å²) < 4.78 is 1.44. The summed E-state index contributed by atoms with van der Waals surface area (Å²) in [6.07, 6.45) is 3.93. The SMILES string of the molecule is Cn1ncc(NCC2(Sc3ccccc3)CC2)c(Cl)c1=O. The molecule has 1 N–H and O–H groups in total. The molecule has 0 unspecified atom stereocenters. The molecule has 1 aromatic carbocycles. The molecule has 1 aliphatic rings. The van der Waals surface area contributed by atoms with Crippen molar-refractivity contribution in [3.63, 3.8) is 0 Å². The van der Waals surface area contributed by atoms with Crippen LogP contribution in [0.15, 0.2) is 46.2 Å². The molecule has 0 bridgehead atoms. The van der Waals surface area contributed by atoms with Crippen LogP contribution in [0.4, 0.5) is 5.69 Å². The van der Waals surface area contributed by atoms with Gasteiger partial charge in [0.15, 0.2) is 0 Å². The standard InChI is InChI=1S/C15H16ClN3OS/c1-19-14(20)13(16)12(9-18-19)17-10-15(7-8-15)21-11-5-3-2-4-6-11/h2-6,9,17H,7-8,10H2,1H3. The van der Waals surface area contributed by atoms with E-state index in [9.17, 15) is 4.79 Å². The first-order valence-electron chi connectivity index (χ1n) is 6.79. The first kappa shape index (κ1) is 14.5. The minimum Gasteiger partial charge on any atom is -0.381 e. The zero-order valence-electron chi connectivity index (χ0n) is 11.7. The fraction of sp³-hybridized carbons (Fsp3) is 0.333. The normalized spacial score (nSPS) is 15.7. The molecule has 21 heavy (non-hydrogen) atoms. The van der Waals surface area contributed by atoms with Crippen LogP contribution in [0.2, 0.25) is 5.02 Å². The minimum atomic E-state index is -0.276. The van der Waals surface area contributed by atoms with Crippen LogP contribution >= 0.6 is 23.4 Å². The molecule has 6 heteroatoms. The zero-order valence-corrected chi connectivity index (χ0v) is 13.2. The van der Waals surface area contributed by atoms with Crippen molar-refractivity contribution in [2.75, 3.05) is 11.9 Å². The van der Waals surface area contributed by atoms with E-state index < -0.39 is 0 Å². The number of nitrogens with one attached hydrogen (secondary N) is 1. The molecule has 0 saturated heterocycles. The number of aryl methyl sites for hydroxylation is 1. The largest absolute Gasteiger partial charge is 0.381 e. The van der Waals surface area contributed by atoms with Crippen LogP contribution in [0.5, 0.6) is 0 Å². The van der Waals surface area contributed by atoms with Gasteiger partial charge in [-0.2, -0.15) is 5.10 Å². The van der Waals surface area contributed by atoms with Crippen LogP contribution in [0.25, 0.3) is 0 Å². The van der Waals surface area contributed by atoms with Gasteiger partial charge in [-0.05, 0) is 25.0 Å². The van der Waals surface area contributed by atoms with E-state index in [0.29, 0.717) is 5.69 Å². The molecule has 4 nitrogen and oxygen atoms in total. The molecule has 1 fully saturated rings. The number of aromatic nitrogens is 2. The van der Waals surface area contributed by atoms with Crippen LogP contribution in [0.1, 0.15) is 12.8 Å². The summed E-state index contributed by atoms with van der Waals surface area (Å²) in [5.41, 5.74) is 0.335. The van der Waals surface area contributed by atoms with Gasteiger partial charge in [0, 0.05) is 23.2 Å². The van der Waals surface area contributed by atoms with Gasteiger partial charge in [-0.25, -0.2) is 4.68 Å². The van der Waals surface area contributed by atoms with Gasteiger partial charge in [0.1, 0.15) is 5.02 Å². The molecular weight excluding hydrogens is 306 g/mol. The van der Waals surface area contributed by atoms with Gasteiger partial charge < -0.3 is 5.32 Å². The minimum absolute atomic E-state index is 0.200. The first-order valence-corrected chi connectivity index (χ1v) is 7.99. The van der Waals surface area contributed by atoms with E-state index in [1.165, 1.54) is 9.58 Å². The van der Waals surface area contributed by atoms with Gasteiger partial charge in [0.2, 0.25) is 0 Å². The van der Waals surface area contributed by atoms with E-state index in [2.05, 4.69) is 22.5 Å². The maximum atomic E-state index is 11.7. The average Bonchev–Trinajstić information content (AvgIpc) is 3.25. The fourth-order valence-electron chi connectivity index (χ4n) is 2.08. The van der Waals surface area contributed by atoms with Gasteiger partial charge in [-0.1, -0.05) is 29.8 Å². The predicted molar refractivity (Wildman–Crippen MR) is 87.2 cm³/mol. The summed E-state index contributed by atoms with van der Waals surface area (Å²) in [6, 6.07) is 10.4. The number of hydrogen-bond donors (Lipinski definition) is 1. The topological polar surface area (TPSA) is 46.9 Å². The van der Waals surface area contributed by atoms with Crippen molar-refractivity contribution in [2.24, 2.45) is 7.05 Å². The summed E-state index contributed by atoms with van der Waals surface area (Å²) in [5.74, 6) is 0. The van der Waals surface area contributed by atoms with Gasteiger partial charge in [0.25, 0.3) is 5.56 Å². The zero-order chi connectivity index (χ0) is 14.9. The molecule has 110 valence electrons. The van der Waals surface area contributed by atoms with Crippen LogP contribution in [-0.4, -0.2) is 21.1 Å². The fourth-order valence-corrected chi connectivity index (χ4v) is 3.56. The van der Waals surface area contributed by atoms with E-state index in [-0.39, 0.29) is 15.3 Å². The lowest BCUT2D eigenvalue weighted by Crippen LogP contribution is -2.23. The Bertz CT molecular complexity index is 698. The van der Waals surface area contributed by atoms with Crippen molar-refractivity contribution in [3.8, 4) is 0 Å². The Kier molecular flexibility index (Phi) is 3.95. The highest BCUT2D eigenvalue weighted by Crippen LogP contribution is 2.51. The lowest BCUT2D eigenvalue weighted by atomic mass is 10.3. The summed E-state index contributed by atoms with van der Waals surface area (Å²) in [7, 11) is 1.59. The number of thioether (sulfide) groups is 1. The number of rotatable bonds is 5. The maximum absolute atomic E-state index is 11.7. The first-order chi connectivity index (χ1) is 10.1. The lowest BCUT2D eigenvalue weighted by Gasteiger charge is -2.17. The van der Waals surface area contributed by atoms with Crippen molar-refractivity contribution in [2.45, 2.75) is 22.5 Å². The molecule has 0 spiro atoms. The Morgan fingerprint density at radius 3 is 2.76 bits per heavy atom. The second-order valence-corrected chi connectivity index (χ2v) is 7.17. The van der Waals surface area contributed by atoms with Crippen molar-refractivity contribution in [1.29, 1.82) is 0 Å². The monoisotopic (exact) mass is 321 g/mol. The second-order valence-electron chi connectivity index (χ2n) is 5.25. The Hall–Kier alpha value is -1.46. The highest BCUT2D eigenvalue weighted by Gasteiger charge is 2.43. The molecule has 1 aliphatic carbocycles. The highest BCUT2D eigenvalue weighted by atomic mass is 35.5. The van der Waals surface area contributed by atoms with E-state index in [1.807, 2.05) is 30.0 Å². The highest BCUT2D eigenvalue weighted by molar-refractivity contribution is 8.01. The summed E-state index contributed by atoms with van der Waals surface area (Å²) in [4.78, 5) is 13.0. The molecule has 0 radical (unpaired) electrons. The third-order valence-electron chi connectivity index (χ3n) is 3.56. The quantitative estimate of drug-likeness (QED) is 0.919. The number of halogens is 1. The summed E-state index contributed by atoms with van der Waals surface area (Å²) >= 11 is 7.95. The Morgan fingerprint density at radius 2 is 2.10 bits per heavy atom. The van der Waals surface area contributed by atoms with Gasteiger partial charge in [-0.15, -0.1) is 11.8 Å². The van der Waals surface area contributed by atoms with Crippen molar-refractivity contribution >= 4 is 29.1 Å². The molecule has 1 aromatic heterocycles. The maximum Gasteiger partial charge on any atom is 0.287 e. The van der Waals surface area contributed by atoms with Crippen molar-refractivity contribution in [3.05, 3.63) is 51.9 Å². The molecule has 1 saturated carbocycles. The van der Waals surface area contributed by atoms with E-state index in [0.717, 1.165) is 19.4 Å². The van der Waals surface area contributed by atoms with Gasteiger partial charge >= 0.3 is 0 Å². The summed E-state index contributed by atoms with van der Waals surface area (Å²) in [6.45, 7) is 0.779. The van der Waals surface area contributed by atoms with Crippen LogP contribution in [0, 0.1) is 0 Å². The number of benzene rings is 1. The van der Waals surface area contributed by atoms with Crippen LogP contribution in [-0.2, 0) is 7.05 Å². The number of nitrogens with zero attached hydrogens (tertiary/aromatic N) is 2. The third kappa shape index (κ3) is 3.24. The third-order valence-corrected chi connectivity index (χ3v) is 5.42. The predicted octanol–water partition coefficient (Wildman–Crippen LogP) is 3.17. The molecule has 2 aromatic rings. The van der Waals surface area contributed by atoms with E-state index in [1.54, 1.807) is 13.2 Å². The molecule has 3 rings (SSSR count). The van der Waals surface area contributed by atoms with E-state index in [4.69, 9.17) is 11.6 Å². The van der Waals surface area contributed by atoms with Crippen LogP contribution in [0.3, 0.4) is 0 Å². The summed E-state index contributed by atoms with van der Waals surface area (Å²) in [5, 5.41) is 7.47. The Labute approximate surface area is 132 Å². The molecule has 0 atom stereocenters. The van der Waals surface area contributed by atoms with Crippen molar-refractivity contribution in [1.82, 2.24) is 9.78 Å². The Balaban J connectivity index is 1.68. The average molecular weight is 322 g/mol. The number of hydrogen-bond acceptors (Lipinski definition) is 4. The molecule has 1 heterocycles. The number of anilines is 1. The van der Waals surface area contributed by atoms with E-state index >= 15 is 0 Å². The van der Waals surface area contributed by atoms with Gasteiger partial charge in [0.05, 0.1) is 11.9 Å².